The molecule has 0 spiro atoms. The molecule has 3 rings (SSSR count). The van der Waals surface area contributed by atoms with Gasteiger partial charge in [-0.3, -0.25) is 19.4 Å². The average Bonchev–Trinajstić information content (AvgIpc) is 3.07. The fourth-order valence-electron chi connectivity index (χ4n) is 4.35. The fourth-order valence-corrected chi connectivity index (χ4v) is 4.35. The van der Waals surface area contributed by atoms with E-state index in [0.717, 1.165) is 67.3 Å². The summed E-state index contributed by atoms with van der Waals surface area (Å²) in [7, 11) is 1.69. The molecule has 1 aliphatic rings. The molecule has 0 bridgehead atoms. The molecule has 2 aromatic rings. The molecule has 0 aliphatic carbocycles. The molecule has 2 heterocycles. The van der Waals surface area contributed by atoms with E-state index >= 15 is 0 Å². The van der Waals surface area contributed by atoms with Crippen molar-refractivity contribution in [1.82, 2.24) is 14.4 Å². The first-order chi connectivity index (χ1) is 15.4. The Hall–Kier alpha value is -2.48. The van der Waals surface area contributed by atoms with Crippen molar-refractivity contribution >= 4 is 17.4 Å². The molecule has 32 heavy (non-hydrogen) atoms. The number of para-hydroxylation sites is 1. The first kappa shape index (κ1) is 24.2. The zero-order valence-corrected chi connectivity index (χ0v) is 19.8. The van der Waals surface area contributed by atoms with Crippen LogP contribution in [0.3, 0.4) is 0 Å². The lowest BCUT2D eigenvalue weighted by atomic mass is 10.1. The largest absolute Gasteiger partial charge is 0.383 e. The quantitative estimate of drug-likeness (QED) is 0.576. The number of nitrogens with zero attached hydrogens (tertiary/aromatic N) is 3. The number of rotatable bonds is 10. The van der Waals surface area contributed by atoms with Crippen LogP contribution < -0.4 is 5.32 Å². The molecular formula is C25H36N4O3. The number of carbonyl (C=O) groups is 2. The molecule has 1 aromatic carbocycles. The molecule has 0 saturated carbocycles. The van der Waals surface area contributed by atoms with Crippen LogP contribution in [-0.2, 0) is 22.5 Å². The maximum absolute atomic E-state index is 12.9. The fraction of sp³-hybridized carbons (Fsp3) is 0.520. The zero-order valence-electron chi connectivity index (χ0n) is 19.8. The van der Waals surface area contributed by atoms with Crippen molar-refractivity contribution in [3.63, 3.8) is 0 Å². The molecule has 1 amide bonds. The Morgan fingerprint density at radius 2 is 1.69 bits per heavy atom. The first-order valence-corrected chi connectivity index (χ1v) is 11.4. The SMILES string of the molecule is CCc1ccccc1NC(=O)CN1CCN(CC(=O)c2cc(C)n(CCOC)c2C)CC1. The number of hydrogen-bond acceptors (Lipinski definition) is 5. The van der Waals surface area contributed by atoms with Crippen LogP contribution in [0, 0.1) is 13.8 Å². The first-order valence-electron chi connectivity index (χ1n) is 11.4. The van der Waals surface area contributed by atoms with E-state index in [1.807, 2.05) is 44.2 Å². The second-order valence-electron chi connectivity index (χ2n) is 8.46. The van der Waals surface area contributed by atoms with E-state index in [-0.39, 0.29) is 11.7 Å². The van der Waals surface area contributed by atoms with Gasteiger partial charge in [-0.25, -0.2) is 0 Å². The van der Waals surface area contributed by atoms with Crippen LogP contribution in [0.5, 0.6) is 0 Å². The Kier molecular flexibility index (Phi) is 8.61. The van der Waals surface area contributed by atoms with Gasteiger partial charge in [-0.05, 0) is 38.0 Å². The number of ether oxygens (including phenoxy) is 1. The molecule has 1 aliphatic heterocycles. The topological polar surface area (TPSA) is 66.8 Å². The molecular weight excluding hydrogens is 404 g/mol. The minimum absolute atomic E-state index is 0.0129. The number of aromatic nitrogens is 1. The van der Waals surface area contributed by atoms with Crippen LogP contribution in [-0.4, -0.2) is 79.0 Å². The smallest absolute Gasteiger partial charge is 0.238 e. The Morgan fingerprint density at radius 1 is 1.03 bits per heavy atom. The molecule has 1 fully saturated rings. The summed E-state index contributed by atoms with van der Waals surface area (Å²) in [6, 6.07) is 9.92. The van der Waals surface area contributed by atoms with Gasteiger partial charge in [0.05, 0.1) is 19.7 Å². The predicted molar refractivity (Wildman–Crippen MR) is 127 cm³/mol. The van der Waals surface area contributed by atoms with E-state index in [1.54, 1.807) is 7.11 Å². The molecule has 7 nitrogen and oxygen atoms in total. The van der Waals surface area contributed by atoms with E-state index in [4.69, 9.17) is 4.74 Å². The Labute approximate surface area is 191 Å². The number of aryl methyl sites for hydroxylation is 2. The number of benzene rings is 1. The summed E-state index contributed by atoms with van der Waals surface area (Å²) in [5, 5.41) is 3.04. The number of piperazine rings is 1. The maximum atomic E-state index is 12.9. The molecule has 1 N–H and O–H groups in total. The highest BCUT2D eigenvalue weighted by atomic mass is 16.5. The van der Waals surface area contributed by atoms with Crippen molar-refractivity contribution in [2.45, 2.75) is 33.7 Å². The third-order valence-corrected chi connectivity index (χ3v) is 6.26. The van der Waals surface area contributed by atoms with Crippen molar-refractivity contribution in [3.05, 3.63) is 52.8 Å². The van der Waals surface area contributed by atoms with Gasteiger partial charge in [-0.2, -0.15) is 0 Å². The highest BCUT2D eigenvalue weighted by Gasteiger charge is 2.23. The van der Waals surface area contributed by atoms with Crippen molar-refractivity contribution in [3.8, 4) is 0 Å². The van der Waals surface area contributed by atoms with E-state index in [1.165, 1.54) is 0 Å². The van der Waals surface area contributed by atoms with Gasteiger partial charge in [0.1, 0.15) is 0 Å². The van der Waals surface area contributed by atoms with E-state index < -0.39 is 0 Å². The van der Waals surface area contributed by atoms with Gasteiger partial charge in [0.2, 0.25) is 5.91 Å². The van der Waals surface area contributed by atoms with Gasteiger partial charge in [-0.1, -0.05) is 25.1 Å². The number of anilines is 1. The minimum atomic E-state index is 0.0129. The molecule has 1 saturated heterocycles. The number of Topliss-reactive ketones (excluding diaryl/α,β-unsaturated/α-hetero) is 1. The Morgan fingerprint density at radius 3 is 2.34 bits per heavy atom. The highest BCUT2D eigenvalue weighted by Crippen LogP contribution is 2.17. The van der Waals surface area contributed by atoms with Gasteiger partial charge in [-0.15, -0.1) is 0 Å². The Balaban J connectivity index is 1.47. The van der Waals surface area contributed by atoms with Crippen molar-refractivity contribution in [1.29, 1.82) is 0 Å². The minimum Gasteiger partial charge on any atom is -0.383 e. The number of carbonyl (C=O) groups excluding carboxylic acids is 2. The lowest BCUT2D eigenvalue weighted by Crippen LogP contribution is -2.49. The highest BCUT2D eigenvalue weighted by molar-refractivity contribution is 5.99. The van der Waals surface area contributed by atoms with Crippen LogP contribution in [0.1, 0.15) is 34.2 Å². The summed E-state index contributed by atoms with van der Waals surface area (Å²) in [6.45, 7) is 11.4. The second-order valence-corrected chi connectivity index (χ2v) is 8.46. The van der Waals surface area contributed by atoms with Crippen LogP contribution in [0.4, 0.5) is 5.69 Å². The standard InChI is InChI=1S/C25H36N4O3/c1-5-21-8-6-7-9-23(21)26-25(31)18-28-12-10-27(11-13-28)17-24(30)22-16-19(2)29(20(22)3)14-15-32-4/h6-9,16H,5,10-15,17-18H2,1-4H3,(H,26,31). The number of ketones is 1. The second kappa shape index (κ2) is 11.4. The molecule has 7 heteroatoms. The van der Waals surface area contributed by atoms with Crippen molar-refractivity contribution in [2.75, 3.05) is 58.3 Å². The van der Waals surface area contributed by atoms with Gasteiger partial charge < -0.3 is 14.6 Å². The molecule has 0 atom stereocenters. The third-order valence-electron chi connectivity index (χ3n) is 6.26. The van der Waals surface area contributed by atoms with Gasteiger partial charge in [0, 0.05) is 62.5 Å². The maximum Gasteiger partial charge on any atom is 0.238 e. The number of nitrogens with one attached hydrogen (secondary N) is 1. The summed E-state index contributed by atoms with van der Waals surface area (Å²) in [5.41, 5.74) is 4.93. The van der Waals surface area contributed by atoms with Gasteiger partial charge in [0.25, 0.3) is 0 Å². The molecule has 1 aromatic heterocycles. The van der Waals surface area contributed by atoms with Crippen LogP contribution in [0.15, 0.2) is 30.3 Å². The average molecular weight is 441 g/mol. The van der Waals surface area contributed by atoms with E-state index in [9.17, 15) is 9.59 Å². The van der Waals surface area contributed by atoms with Crippen molar-refractivity contribution < 1.29 is 14.3 Å². The summed E-state index contributed by atoms with van der Waals surface area (Å²) < 4.78 is 7.32. The van der Waals surface area contributed by atoms with E-state index in [2.05, 4.69) is 26.6 Å². The van der Waals surface area contributed by atoms with Crippen molar-refractivity contribution in [2.24, 2.45) is 0 Å². The molecule has 0 unspecified atom stereocenters. The predicted octanol–water partition coefficient (Wildman–Crippen LogP) is 2.75. The zero-order chi connectivity index (χ0) is 23.1. The van der Waals surface area contributed by atoms with Gasteiger partial charge in [0.15, 0.2) is 5.78 Å². The van der Waals surface area contributed by atoms with Crippen LogP contribution in [0.2, 0.25) is 0 Å². The number of hydrogen-bond donors (Lipinski definition) is 1. The third kappa shape index (κ3) is 6.06. The van der Waals surface area contributed by atoms with Gasteiger partial charge >= 0.3 is 0 Å². The van der Waals surface area contributed by atoms with Crippen LogP contribution >= 0.6 is 0 Å². The summed E-state index contributed by atoms with van der Waals surface area (Å²) >= 11 is 0. The van der Waals surface area contributed by atoms with E-state index in [0.29, 0.717) is 19.7 Å². The molecule has 0 radical (unpaired) electrons. The summed E-state index contributed by atoms with van der Waals surface area (Å²) in [4.78, 5) is 29.8. The summed E-state index contributed by atoms with van der Waals surface area (Å²) in [6.07, 6.45) is 0.887. The monoisotopic (exact) mass is 440 g/mol. The van der Waals surface area contributed by atoms with Crippen LogP contribution in [0.25, 0.3) is 0 Å². The summed E-state index contributed by atoms with van der Waals surface area (Å²) in [5.74, 6) is 0.169. The number of amides is 1. The lowest BCUT2D eigenvalue weighted by Gasteiger charge is -2.33. The molecule has 174 valence electrons. The lowest BCUT2D eigenvalue weighted by molar-refractivity contribution is -0.117. The normalized spacial score (nSPS) is 15.1. The Bertz CT molecular complexity index is 929. The number of methoxy groups -OCH3 is 1.